The van der Waals surface area contributed by atoms with Gasteiger partial charge in [0.25, 0.3) is 0 Å². The van der Waals surface area contributed by atoms with Crippen molar-refractivity contribution in [3.63, 3.8) is 0 Å². The van der Waals surface area contributed by atoms with Gasteiger partial charge < -0.3 is 10.1 Å². The molecule has 0 radical (unpaired) electrons. The van der Waals surface area contributed by atoms with Gasteiger partial charge in [-0.05, 0) is 48.5 Å². The third kappa shape index (κ3) is 5.46. The smallest absolute Gasteiger partial charge is 0.124 e. The van der Waals surface area contributed by atoms with Crippen LogP contribution in [0, 0.1) is 0 Å². The van der Waals surface area contributed by atoms with E-state index < -0.39 is 0 Å². The minimum absolute atomic E-state index is 0.278. The van der Waals surface area contributed by atoms with E-state index in [4.69, 9.17) is 51.1 Å². The minimum atomic E-state index is 0.278. The van der Waals surface area contributed by atoms with Crippen molar-refractivity contribution in [3.05, 3.63) is 90.3 Å². The summed E-state index contributed by atoms with van der Waals surface area (Å²) in [6.45, 7) is 0.822. The van der Waals surface area contributed by atoms with Gasteiger partial charge in [-0.1, -0.05) is 68.4 Å². The lowest BCUT2D eigenvalue weighted by Crippen LogP contribution is -2.04. The Bertz CT molecular complexity index is 944. The van der Waals surface area contributed by atoms with E-state index in [9.17, 15) is 0 Å². The van der Waals surface area contributed by atoms with Crippen molar-refractivity contribution in [2.24, 2.45) is 0 Å². The second kappa shape index (κ2) is 9.40. The van der Waals surface area contributed by atoms with Gasteiger partial charge in [0.2, 0.25) is 0 Å². The number of anilines is 1. The van der Waals surface area contributed by atoms with Gasteiger partial charge in [-0.3, -0.25) is 0 Å². The Hall–Kier alpha value is -1.10. The Morgan fingerprint density at radius 2 is 1.56 bits per heavy atom. The van der Waals surface area contributed by atoms with Crippen molar-refractivity contribution in [1.29, 1.82) is 0 Å². The average Bonchev–Trinajstić information content (AvgIpc) is 2.63. The highest BCUT2D eigenvalue weighted by Gasteiger charge is 2.10. The molecule has 0 aliphatic rings. The van der Waals surface area contributed by atoms with E-state index in [0.717, 1.165) is 27.0 Å². The quantitative estimate of drug-likeness (QED) is 0.364. The first-order chi connectivity index (χ1) is 12.9. The van der Waals surface area contributed by atoms with Crippen LogP contribution in [0.1, 0.15) is 11.1 Å². The van der Waals surface area contributed by atoms with E-state index in [0.29, 0.717) is 26.6 Å². The lowest BCUT2D eigenvalue weighted by atomic mass is 10.2. The molecule has 3 rings (SSSR count). The minimum Gasteiger partial charge on any atom is -0.488 e. The van der Waals surface area contributed by atoms with Gasteiger partial charge in [-0.25, -0.2) is 0 Å². The number of nitrogens with one attached hydrogen (secondary N) is 1. The van der Waals surface area contributed by atoms with Gasteiger partial charge in [0.15, 0.2) is 0 Å². The summed E-state index contributed by atoms with van der Waals surface area (Å²) in [5, 5.41) is 5.50. The molecule has 0 saturated carbocycles. The van der Waals surface area contributed by atoms with Gasteiger partial charge in [-0.15, -0.1) is 0 Å². The summed E-state index contributed by atoms with van der Waals surface area (Å²) in [5.41, 5.74) is 2.59. The molecule has 0 bridgehead atoms. The van der Waals surface area contributed by atoms with Gasteiger partial charge in [0.05, 0.1) is 10.0 Å². The van der Waals surface area contributed by atoms with Gasteiger partial charge in [-0.2, -0.15) is 0 Å². The molecule has 0 heterocycles. The summed E-state index contributed by atoms with van der Waals surface area (Å²) in [4.78, 5) is 0. The van der Waals surface area contributed by atoms with E-state index in [1.165, 1.54) is 0 Å². The number of halogens is 5. The molecule has 0 aliphatic carbocycles. The Morgan fingerprint density at radius 1 is 0.815 bits per heavy atom. The van der Waals surface area contributed by atoms with Crippen LogP contribution in [0.3, 0.4) is 0 Å². The molecular weight excluding hydrogens is 492 g/mol. The maximum absolute atomic E-state index is 6.22. The first-order valence-electron chi connectivity index (χ1n) is 7.97. The normalized spacial score (nSPS) is 10.7. The molecular formula is C20H14BrCl4NO. The predicted molar refractivity (Wildman–Crippen MR) is 119 cm³/mol. The number of hydrogen-bond acceptors (Lipinski definition) is 2. The Morgan fingerprint density at radius 3 is 2.26 bits per heavy atom. The summed E-state index contributed by atoms with van der Waals surface area (Å²) in [7, 11) is 0. The molecule has 7 heteroatoms. The van der Waals surface area contributed by atoms with Crippen LogP contribution in [0.15, 0.2) is 59.1 Å². The standard InChI is InChI=1S/C20H14BrCl4NO/c21-13-4-7-20(27-11-15-16(22)2-1-3-17(15)23)12(8-13)10-26-14-5-6-18(24)19(25)9-14/h1-9,26H,10-11H2. The zero-order valence-corrected chi connectivity index (χ0v) is 18.5. The Balaban J connectivity index is 1.75. The van der Waals surface area contributed by atoms with E-state index >= 15 is 0 Å². The molecule has 0 fully saturated rings. The fourth-order valence-corrected chi connectivity index (χ4v) is 3.66. The highest BCUT2D eigenvalue weighted by Crippen LogP contribution is 2.30. The monoisotopic (exact) mass is 503 g/mol. The zero-order chi connectivity index (χ0) is 19.4. The summed E-state index contributed by atoms with van der Waals surface area (Å²) in [6, 6.07) is 16.6. The molecule has 1 N–H and O–H groups in total. The molecule has 0 atom stereocenters. The lowest BCUT2D eigenvalue weighted by Gasteiger charge is -2.15. The predicted octanol–water partition coefficient (Wildman–Crippen LogP) is 8.25. The van der Waals surface area contributed by atoms with Crippen LogP contribution in [0.4, 0.5) is 5.69 Å². The van der Waals surface area contributed by atoms with Crippen LogP contribution in [0.25, 0.3) is 0 Å². The molecule has 0 saturated heterocycles. The van der Waals surface area contributed by atoms with Crippen LogP contribution >= 0.6 is 62.3 Å². The number of benzene rings is 3. The van der Waals surface area contributed by atoms with Gasteiger partial charge in [0, 0.05) is 37.9 Å². The Kier molecular flexibility index (Phi) is 7.18. The average molecular weight is 506 g/mol. The fourth-order valence-electron chi connectivity index (χ4n) is 2.45. The van der Waals surface area contributed by atoms with Crippen molar-refractivity contribution in [2.75, 3.05) is 5.32 Å². The molecule has 0 spiro atoms. The van der Waals surface area contributed by atoms with Crippen molar-refractivity contribution in [1.82, 2.24) is 0 Å². The molecule has 0 aromatic heterocycles. The topological polar surface area (TPSA) is 21.3 Å². The Labute approximate surface area is 186 Å². The molecule has 2 nitrogen and oxygen atoms in total. The highest BCUT2D eigenvalue weighted by atomic mass is 79.9. The summed E-state index contributed by atoms with van der Waals surface area (Å²) in [6.07, 6.45) is 0. The third-order valence-electron chi connectivity index (χ3n) is 3.86. The number of ether oxygens (including phenoxy) is 1. The van der Waals surface area contributed by atoms with E-state index in [2.05, 4.69) is 21.2 Å². The van der Waals surface area contributed by atoms with Crippen molar-refractivity contribution < 1.29 is 4.74 Å². The zero-order valence-electron chi connectivity index (χ0n) is 13.9. The van der Waals surface area contributed by atoms with Gasteiger partial charge >= 0.3 is 0 Å². The molecule has 0 aliphatic heterocycles. The highest BCUT2D eigenvalue weighted by molar-refractivity contribution is 9.10. The fraction of sp³-hybridized carbons (Fsp3) is 0.100. The third-order valence-corrected chi connectivity index (χ3v) is 5.80. The summed E-state index contributed by atoms with van der Waals surface area (Å²) < 4.78 is 6.95. The van der Waals surface area contributed by atoms with E-state index in [-0.39, 0.29) is 6.61 Å². The first kappa shape index (κ1) is 20.6. The van der Waals surface area contributed by atoms with Crippen LogP contribution in [-0.2, 0) is 13.2 Å². The van der Waals surface area contributed by atoms with Crippen LogP contribution < -0.4 is 10.1 Å². The van der Waals surface area contributed by atoms with E-state index in [1.54, 1.807) is 30.3 Å². The SMILES string of the molecule is Clc1ccc(NCc2cc(Br)ccc2OCc2c(Cl)cccc2Cl)cc1Cl. The molecule has 3 aromatic carbocycles. The second-order valence-corrected chi connectivity index (χ2v) is 8.27. The van der Waals surface area contributed by atoms with E-state index in [1.807, 2.05) is 24.3 Å². The van der Waals surface area contributed by atoms with Gasteiger partial charge in [0.1, 0.15) is 12.4 Å². The molecule has 0 unspecified atom stereocenters. The number of hydrogen-bond donors (Lipinski definition) is 1. The molecule has 27 heavy (non-hydrogen) atoms. The largest absolute Gasteiger partial charge is 0.488 e. The molecule has 3 aromatic rings. The van der Waals surface area contributed by atoms with Crippen molar-refractivity contribution >= 4 is 68.0 Å². The lowest BCUT2D eigenvalue weighted by molar-refractivity contribution is 0.303. The van der Waals surface area contributed by atoms with Crippen LogP contribution in [-0.4, -0.2) is 0 Å². The maximum atomic E-state index is 6.22. The summed E-state index contributed by atoms with van der Waals surface area (Å²) in [5.74, 6) is 0.738. The first-order valence-corrected chi connectivity index (χ1v) is 10.3. The van der Waals surface area contributed by atoms with Crippen molar-refractivity contribution in [2.45, 2.75) is 13.2 Å². The number of rotatable bonds is 6. The van der Waals surface area contributed by atoms with Crippen molar-refractivity contribution in [3.8, 4) is 5.75 Å². The molecule has 140 valence electrons. The second-order valence-electron chi connectivity index (χ2n) is 5.72. The van der Waals surface area contributed by atoms with Crippen LogP contribution in [0.5, 0.6) is 5.75 Å². The summed E-state index contributed by atoms with van der Waals surface area (Å²) >= 11 is 28.0. The van der Waals surface area contributed by atoms with Crippen LogP contribution in [0.2, 0.25) is 20.1 Å². The molecule has 0 amide bonds. The maximum Gasteiger partial charge on any atom is 0.124 e.